The van der Waals surface area contributed by atoms with Crippen LogP contribution in [0.4, 0.5) is 11.4 Å². The zero-order chi connectivity index (χ0) is 16.9. The summed E-state index contributed by atoms with van der Waals surface area (Å²) in [5.74, 6) is 0.278. The summed E-state index contributed by atoms with van der Waals surface area (Å²) >= 11 is 0. The Balaban J connectivity index is 1.58. The van der Waals surface area contributed by atoms with Gasteiger partial charge in [-0.1, -0.05) is 42.0 Å². The summed E-state index contributed by atoms with van der Waals surface area (Å²) in [4.78, 5) is 23.3. The van der Waals surface area contributed by atoms with Crippen molar-refractivity contribution in [1.29, 1.82) is 0 Å². The number of fused-ring (bicyclic) bond motifs is 1. The molecule has 2 N–H and O–H groups in total. The molecular weight excluding hydrogens is 304 g/mol. The minimum Gasteiger partial charge on any atom is -0.482 e. The third-order valence-electron chi connectivity index (χ3n) is 3.59. The lowest BCUT2D eigenvalue weighted by molar-refractivity contribution is -0.118. The lowest BCUT2D eigenvalue weighted by Crippen LogP contribution is -2.25. The van der Waals surface area contributed by atoms with E-state index in [1.165, 1.54) is 5.56 Å². The van der Waals surface area contributed by atoms with Crippen LogP contribution in [0.3, 0.4) is 0 Å². The van der Waals surface area contributed by atoms with Crippen molar-refractivity contribution < 1.29 is 14.3 Å². The zero-order valence-electron chi connectivity index (χ0n) is 13.3. The van der Waals surface area contributed by atoms with Crippen LogP contribution < -0.4 is 15.4 Å². The first-order valence-electron chi connectivity index (χ1n) is 7.70. The largest absolute Gasteiger partial charge is 0.482 e. The van der Waals surface area contributed by atoms with Gasteiger partial charge in [-0.2, -0.15) is 0 Å². The maximum absolute atomic E-state index is 12.0. The number of amides is 2. The van der Waals surface area contributed by atoms with Crippen molar-refractivity contribution in [3.63, 3.8) is 0 Å². The Kier molecular flexibility index (Phi) is 4.61. The summed E-state index contributed by atoms with van der Waals surface area (Å²) in [5, 5.41) is 5.52. The predicted molar refractivity (Wildman–Crippen MR) is 94.0 cm³/mol. The van der Waals surface area contributed by atoms with Crippen molar-refractivity contribution in [2.75, 3.05) is 17.2 Å². The van der Waals surface area contributed by atoms with Crippen LogP contribution in [0.1, 0.15) is 17.5 Å². The number of rotatable bonds is 4. The smallest absolute Gasteiger partial charge is 0.262 e. The summed E-state index contributed by atoms with van der Waals surface area (Å²) in [5.41, 5.74) is 3.45. The number of anilines is 2. The number of hydrogen-bond acceptors (Lipinski definition) is 3. The van der Waals surface area contributed by atoms with Gasteiger partial charge < -0.3 is 15.4 Å². The Hall–Kier alpha value is -3.08. The molecule has 2 amide bonds. The summed E-state index contributed by atoms with van der Waals surface area (Å²) in [6, 6.07) is 13.2. The molecule has 1 aliphatic heterocycles. The first-order valence-corrected chi connectivity index (χ1v) is 7.70. The van der Waals surface area contributed by atoms with Gasteiger partial charge in [-0.15, -0.1) is 0 Å². The van der Waals surface area contributed by atoms with Gasteiger partial charge in [-0.05, 0) is 30.7 Å². The third kappa shape index (κ3) is 4.01. The van der Waals surface area contributed by atoms with Crippen LogP contribution in [0.15, 0.2) is 48.5 Å². The van der Waals surface area contributed by atoms with Crippen molar-refractivity contribution in [1.82, 2.24) is 0 Å². The second kappa shape index (κ2) is 7.00. The molecule has 0 spiro atoms. The van der Waals surface area contributed by atoms with Crippen molar-refractivity contribution >= 4 is 29.3 Å². The molecule has 24 heavy (non-hydrogen) atoms. The van der Waals surface area contributed by atoms with Gasteiger partial charge in [0.15, 0.2) is 6.61 Å². The molecule has 0 unspecified atom stereocenters. The molecular formula is C19H18N2O3. The van der Waals surface area contributed by atoms with Gasteiger partial charge in [-0.25, -0.2) is 0 Å². The number of carbonyl (C=O) groups excluding carboxylic acids is 2. The maximum Gasteiger partial charge on any atom is 0.262 e. The van der Waals surface area contributed by atoms with Crippen LogP contribution in [0.2, 0.25) is 0 Å². The van der Waals surface area contributed by atoms with E-state index in [1.54, 1.807) is 18.2 Å². The first-order chi connectivity index (χ1) is 11.6. The molecule has 122 valence electrons. The molecule has 1 heterocycles. The van der Waals surface area contributed by atoms with Crippen LogP contribution in [0.5, 0.6) is 5.75 Å². The Bertz CT molecular complexity index is 795. The number of carbonyl (C=O) groups is 2. The van der Waals surface area contributed by atoms with Crippen LogP contribution in [0.25, 0.3) is 6.08 Å². The number of hydrogen-bond donors (Lipinski definition) is 2. The molecule has 0 aliphatic carbocycles. The fourth-order valence-corrected chi connectivity index (χ4v) is 2.35. The SMILES string of the molecule is Cc1ccc(C=CCC(=O)Nc2ccc3c(c2)NC(=O)CO3)cc1. The molecule has 0 aromatic heterocycles. The summed E-state index contributed by atoms with van der Waals surface area (Å²) in [7, 11) is 0. The van der Waals surface area contributed by atoms with Crippen LogP contribution in [0, 0.1) is 6.92 Å². The second-order valence-corrected chi connectivity index (χ2v) is 5.61. The monoisotopic (exact) mass is 322 g/mol. The van der Waals surface area contributed by atoms with Gasteiger partial charge in [0.1, 0.15) is 5.75 Å². The second-order valence-electron chi connectivity index (χ2n) is 5.61. The summed E-state index contributed by atoms with van der Waals surface area (Å²) < 4.78 is 5.28. The molecule has 0 fully saturated rings. The Morgan fingerprint density at radius 2 is 2.04 bits per heavy atom. The first kappa shape index (κ1) is 15.8. The van der Waals surface area contributed by atoms with Gasteiger partial charge >= 0.3 is 0 Å². The topological polar surface area (TPSA) is 67.4 Å². The molecule has 0 saturated heterocycles. The van der Waals surface area contributed by atoms with Crippen LogP contribution >= 0.6 is 0 Å². The standard InChI is InChI=1S/C19H18N2O3/c1-13-5-7-14(8-6-13)3-2-4-18(22)20-15-9-10-17-16(11-15)21-19(23)12-24-17/h2-3,5-11H,4,12H2,1H3,(H,20,22)(H,21,23). The fourth-order valence-electron chi connectivity index (χ4n) is 2.35. The zero-order valence-corrected chi connectivity index (χ0v) is 13.3. The van der Waals surface area contributed by atoms with Crippen LogP contribution in [-0.2, 0) is 9.59 Å². The van der Waals surface area contributed by atoms with E-state index in [9.17, 15) is 9.59 Å². The molecule has 1 aliphatic rings. The number of ether oxygens (including phenoxy) is 1. The van der Waals surface area contributed by atoms with E-state index in [0.29, 0.717) is 17.1 Å². The average molecular weight is 322 g/mol. The number of aryl methyl sites for hydroxylation is 1. The van der Waals surface area contributed by atoms with Gasteiger partial charge in [0.2, 0.25) is 5.91 Å². The maximum atomic E-state index is 12.0. The average Bonchev–Trinajstić information content (AvgIpc) is 2.56. The van der Waals surface area contributed by atoms with Gasteiger partial charge in [0, 0.05) is 12.1 Å². The highest BCUT2D eigenvalue weighted by Crippen LogP contribution is 2.30. The molecule has 5 heteroatoms. The van der Waals surface area contributed by atoms with Gasteiger partial charge in [-0.3, -0.25) is 9.59 Å². The Labute approximate surface area is 140 Å². The highest BCUT2D eigenvalue weighted by atomic mass is 16.5. The van der Waals surface area contributed by atoms with Crippen molar-refractivity contribution in [2.24, 2.45) is 0 Å². The minimum absolute atomic E-state index is 0.0164. The van der Waals surface area contributed by atoms with E-state index >= 15 is 0 Å². The van der Waals surface area contributed by atoms with E-state index in [1.807, 2.05) is 43.3 Å². The fraction of sp³-hybridized carbons (Fsp3) is 0.158. The van der Waals surface area contributed by atoms with E-state index in [2.05, 4.69) is 10.6 Å². The van der Waals surface area contributed by atoms with E-state index in [0.717, 1.165) is 5.56 Å². The Morgan fingerprint density at radius 1 is 1.25 bits per heavy atom. The van der Waals surface area contributed by atoms with Crippen molar-refractivity contribution in [3.8, 4) is 5.75 Å². The summed E-state index contributed by atoms with van der Waals surface area (Å²) in [6.45, 7) is 2.05. The Morgan fingerprint density at radius 3 is 2.83 bits per heavy atom. The highest BCUT2D eigenvalue weighted by Gasteiger charge is 2.16. The van der Waals surface area contributed by atoms with E-state index < -0.39 is 0 Å². The molecule has 2 aromatic rings. The highest BCUT2D eigenvalue weighted by molar-refractivity contribution is 5.97. The molecule has 3 rings (SSSR count). The number of benzene rings is 2. The normalized spacial score (nSPS) is 13.1. The molecule has 2 aromatic carbocycles. The van der Waals surface area contributed by atoms with E-state index in [-0.39, 0.29) is 24.8 Å². The molecule has 0 atom stereocenters. The predicted octanol–water partition coefficient (Wildman–Crippen LogP) is 3.37. The van der Waals surface area contributed by atoms with Crippen molar-refractivity contribution in [2.45, 2.75) is 13.3 Å². The number of nitrogens with one attached hydrogen (secondary N) is 2. The third-order valence-corrected chi connectivity index (χ3v) is 3.59. The lowest BCUT2D eigenvalue weighted by Gasteiger charge is -2.18. The molecule has 5 nitrogen and oxygen atoms in total. The lowest BCUT2D eigenvalue weighted by atomic mass is 10.1. The van der Waals surface area contributed by atoms with E-state index in [4.69, 9.17) is 4.74 Å². The van der Waals surface area contributed by atoms with Crippen LogP contribution in [-0.4, -0.2) is 18.4 Å². The summed E-state index contributed by atoms with van der Waals surface area (Å²) in [6.07, 6.45) is 4.01. The van der Waals surface area contributed by atoms with Gasteiger partial charge in [0.05, 0.1) is 5.69 Å². The quantitative estimate of drug-likeness (QED) is 0.907. The van der Waals surface area contributed by atoms with Gasteiger partial charge in [0.25, 0.3) is 5.91 Å². The molecule has 0 saturated carbocycles. The minimum atomic E-state index is -0.202. The molecule has 0 bridgehead atoms. The molecule has 0 radical (unpaired) electrons. The van der Waals surface area contributed by atoms with Crippen molar-refractivity contribution in [3.05, 3.63) is 59.7 Å².